The summed E-state index contributed by atoms with van der Waals surface area (Å²) in [5.74, 6) is 0.753. The SMILES string of the molecule is Fc1ccc(Nc2nc(N/N=C\c3ccccc3Cl)nc(N3CCOCC3)n2)cc1. The topological polar surface area (TPSA) is 87.6 Å². The van der Waals surface area contributed by atoms with Gasteiger partial charge < -0.3 is 15.0 Å². The van der Waals surface area contributed by atoms with E-state index in [2.05, 4.69) is 30.8 Å². The Bertz CT molecular complexity index is 1030. The second-order valence-electron chi connectivity index (χ2n) is 6.41. The molecule has 1 saturated heterocycles. The van der Waals surface area contributed by atoms with Gasteiger partial charge in [-0.05, 0) is 30.3 Å². The van der Waals surface area contributed by atoms with Crippen molar-refractivity contribution in [2.45, 2.75) is 0 Å². The van der Waals surface area contributed by atoms with Crippen LogP contribution in [-0.4, -0.2) is 47.5 Å². The largest absolute Gasteiger partial charge is 0.378 e. The zero-order chi connectivity index (χ0) is 20.8. The Balaban J connectivity index is 1.57. The van der Waals surface area contributed by atoms with E-state index in [1.807, 2.05) is 23.1 Å². The molecule has 1 fully saturated rings. The van der Waals surface area contributed by atoms with Crippen molar-refractivity contribution in [2.75, 3.05) is 41.9 Å². The number of ether oxygens (including phenoxy) is 1. The quantitative estimate of drug-likeness (QED) is 0.458. The molecule has 0 aliphatic carbocycles. The second-order valence-corrected chi connectivity index (χ2v) is 6.81. The lowest BCUT2D eigenvalue weighted by Gasteiger charge is -2.27. The van der Waals surface area contributed by atoms with E-state index in [1.165, 1.54) is 12.1 Å². The third-order valence-electron chi connectivity index (χ3n) is 4.29. The third-order valence-corrected chi connectivity index (χ3v) is 4.64. The van der Waals surface area contributed by atoms with Gasteiger partial charge in [0.1, 0.15) is 5.82 Å². The van der Waals surface area contributed by atoms with Crippen molar-refractivity contribution in [3.8, 4) is 0 Å². The molecule has 0 saturated carbocycles. The molecule has 2 heterocycles. The van der Waals surface area contributed by atoms with E-state index in [1.54, 1.807) is 24.4 Å². The molecule has 2 aromatic carbocycles. The minimum atomic E-state index is -0.318. The fourth-order valence-corrected chi connectivity index (χ4v) is 2.96. The lowest BCUT2D eigenvalue weighted by Crippen LogP contribution is -2.37. The van der Waals surface area contributed by atoms with Gasteiger partial charge in [-0.25, -0.2) is 9.82 Å². The molecule has 0 bridgehead atoms. The number of aromatic nitrogens is 3. The van der Waals surface area contributed by atoms with Crippen LogP contribution in [0.2, 0.25) is 5.02 Å². The Morgan fingerprint density at radius 1 is 1.00 bits per heavy atom. The van der Waals surface area contributed by atoms with E-state index in [4.69, 9.17) is 16.3 Å². The second kappa shape index (κ2) is 9.47. The predicted molar refractivity (Wildman–Crippen MR) is 115 cm³/mol. The molecule has 10 heteroatoms. The van der Waals surface area contributed by atoms with Crippen molar-refractivity contribution in [1.82, 2.24) is 15.0 Å². The van der Waals surface area contributed by atoms with Crippen LogP contribution in [0.3, 0.4) is 0 Å². The molecule has 0 unspecified atom stereocenters. The van der Waals surface area contributed by atoms with Gasteiger partial charge in [0.15, 0.2) is 0 Å². The highest BCUT2D eigenvalue weighted by atomic mass is 35.5. The summed E-state index contributed by atoms with van der Waals surface area (Å²) in [5.41, 5.74) is 4.24. The van der Waals surface area contributed by atoms with E-state index < -0.39 is 0 Å². The molecule has 1 aromatic heterocycles. The first-order valence-corrected chi connectivity index (χ1v) is 9.70. The number of morpholine rings is 1. The molecular weight excluding hydrogens is 409 g/mol. The summed E-state index contributed by atoms with van der Waals surface area (Å²) >= 11 is 6.14. The van der Waals surface area contributed by atoms with Crippen LogP contribution in [0.25, 0.3) is 0 Å². The average Bonchev–Trinajstić information content (AvgIpc) is 2.77. The van der Waals surface area contributed by atoms with Gasteiger partial charge >= 0.3 is 0 Å². The van der Waals surface area contributed by atoms with Crippen LogP contribution in [0.5, 0.6) is 0 Å². The summed E-state index contributed by atoms with van der Waals surface area (Å²) in [6.07, 6.45) is 1.59. The van der Waals surface area contributed by atoms with Gasteiger partial charge in [0.2, 0.25) is 17.8 Å². The van der Waals surface area contributed by atoms with E-state index in [-0.39, 0.29) is 11.8 Å². The average molecular weight is 428 g/mol. The van der Waals surface area contributed by atoms with E-state index in [0.29, 0.717) is 48.9 Å². The van der Waals surface area contributed by atoms with E-state index in [9.17, 15) is 4.39 Å². The fraction of sp³-hybridized carbons (Fsp3) is 0.200. The van der Waals surface area contributed by atoms with E-state index >= 15 is 0 Å². The number of hydrogen-bond donors (Lipinski definition) is 2. The molecule has 0 atom stereocenters. The van der Waals surface area contributed by atoms with Crippen molar-refractivity contribution in [3.63, 3.8) is 0 Å². The number of halogens is 2. The first-order valence-electron chi connectivity index (χ1n) is 9.32. The van der Waals surface area contributed by atoms with Crippen LogP contribution in [-0.2, 0) is 4.74 Å². The number of hydrazone groups is 1. The number of benzene rings is 2. The molecule has 2 N–H and O–H groups in total. The van der Waals surface area contributed by atoms with Crippen molar-refractivity contribution in [1.29, 1.82) is 0 Å². The Labute approximate surface area is 177 Å². The van der Waals surface area contributed by atoms with Crippen LogP contribution >= 0.6 is 11.6 Å². The Morgan fingerprint density at radius 2 is 1.73 bits per heavy atom. The monoisotopic (exact) mass is 427 g/mol. The van der Waals surface area contributed by atoms with Crippen LogP contribution in [0.4, 0.5) is 27.9 Å². The van der Waals surface area contributed by atoms with Crippen LogP contribution in [0.1, 0.15) is 5.56 Å². The molecule has 0 radical (unpaired) electrons. The van der Waals surface area contributed by atoms with Crippen molar-refractivity contribution < 1.29 is 9.13 Å². The predicted octanol–water partition coefficient (Wildman–Crippen LogP) is 3.69. The maximum absolute atomic E-state index is 13.2. The maximum atomic E-state index is 13.2. The summed E-state index contributed by atoms with van der Waals surface area (Å²) in [6, 6.07) is 13.3. The van der Waals surface area contributed by atoms with Crippen molar-refractivity contribution >= 4 is 41.3 Å². The highest BCUT2D eigenvalue weighted by Gasteiger charge is 2.16. The molecule has 8 nitrogen and oxygen atoms in total. The highest BCUT2D eigenvalue weighted by Crippen LogP contribution is 2.19. The number of rotatable bonds is 6. The number of nitrogens with zero attached hydrogens (tertiary/aromatic N) is 5. The molecular formula is C20H19ClFN7O. The lowest BCUT2D eigenvalue weighted by atomic mass is 10.2. The molecule has 0 spiro atoms. The number of nitrogens with one attached hydrogen (secondary N) is 2. The third kappa shape index (κ3) is 5.19. The van der Waals surface area contributed by atoms with Crippen molar-refractivity contribution in [2.24, 2.45) is 5.10 Å². The number of anilines is 4. The molecule has 3 aromatic rings. The van der Waals surface area contributed by atoms with Gasteiger partial charge in [0.25, 0.3) is 0 Å². The molecule has 30 heavy (non-hydrogen) atoms. The molecule has 4 rings (SSSR count). The van der Waals surface area contributed by atoms with Gasteiger partial charge in [0.05, 0.1) is 19.4 Å². The van der Waals surface area contributed by atoms with Gasteiger partial charge in [-0.3, -0.25) is 0 Å². The van der Waals surface area contributed by atoms with Crippen LogP contribution in [0.15, 0.2) is 53.6 Å². The summed E-state index contributed by atoms with van der Waals surface area (Å²) < 4.78 is 18.6. The summed E-state index contributed by atoms with van der Waals surface area (Å²) in [6.45, 7) is 2.53. The van der Waals surface area contributed by atoms with Crippen LogP contribution in [0, 0.1) is 5.82 Å². The molecule has 1 aliphatic heterocycles. The number of hydrogen-bond acceptors (Lipinski definition) is 8. The zero-order valence-corrected chi connectivity index (χ0v) is 16.7. The Morgan fingerprint density at radius 3 is 2.50 bits per heavy atom. The highest BCUT2D eigenvalue weighted by molar-refractivity contribution is 6.33. The Hall–Kier alpha value is -3.30. The molecule has 1 aliphatic rings. The Kier molecular flexibility index (Phi) is 6.31. The maximum Gasteiger partial charge on any atom is 0.250 e. The summed E-state index contributed by atoms with van der Waals surface area (Å²) in [5, 5.41) is 7.84. The van der Waals surface area contributed by atoms with Gasteiger partial charge in [-0.1, -0.05) is 29.8 Å². The normalized spacial score (nSPS) is 14.1. The lowest BCUT2D eigenvalue weighted by molar-refractivity contribution is 0.122. The van der Waals surface area contributed by atoms with E-state index in [0.717, 1.165) is 5.56 Å². The minimum Gasteiger partial charge on any atom is -0.378 e. The zero-order valence-electron chi connectivity index (χ0n) is 15.9. The fourth-order valence-electron chi connectivity index (χ4n) is 2.78. The smallest absolute Gasteiger partial charge is 0.250 e. The molecule has 0 amide bonds. The summed E-state index contributed by atoms with van der Waals surface area (Å²) in [4.78, 5) is 15.3. The van der Waals surface area contributed by atoms with Gasteiger partial charge in [0, 0.05) is 29.4 Å². The first-order chi connectivity index (χ1) is 14.7. The van der Waals surface area contributed by atoms with Crippen molar-refractivity contribution in [3.05, 3.63) is 64.9 Å². The van der Waals surface area contributed by atoms with Gasteiger partial charge in [-0.2, -0.15) is 20.1 Å². The minimum absolute atomic E-state index is 0.263. The van der Waals surface area contributed by atoms with Crippen LogP contribution < -0.4 is 15.6 Å². The van der Waals surface area contributed by atoms with Gasteiger partial charge in [-0.15, -0.1) is 0 Å². The summed E-state index contributed by atoms with van der Waals surface area (Å²) in [7, 11) is 0. The standard InChI is InChI=1S/C20H19ClFN7O/c21-17-4-2-1-3-14(17)13-23-28-19-25-18(24-16-7-5-15(22)6-8-16)26-20(27-19)29-9-11-30-12-10-29/h1-8,13H,9-12H2,(H2,24,25,26,27,28)/b23-13-. The first kappa shape index (κ1) is 20.0. The molecule has 154 valence electrons.